The lowest BCUT2D eigenvalue weighted by atomic mass is 9.70. The molecule has 0 N–H and O–H groups in total. The van der Waals surface area contributed by atoms with Crippen molar-refractivity contribution >= 4 is 47.6 Å². The SMILES string of the molecule is CCCCCCC1(CCCCCC)c2cc(C#Cc3ccc(C=C4c5ccccc5C=Cc5ccccc54)cc3)ccc2-c2ccc(C#Cc3ccc(C=C4c5ccccc5C=Cc5ccccc54)cc3)cc21. The Morgan fingerprint density at radius 2 is 0.658 bits per heavy atom. The summed E-state index contributed by atoms with van der Waals surface area (Å²) in [5.74, 6) is 14.4. The molecule has 0 bridgehead atoms. The van der Waals surface area contributed by atoms with Crippen molar-refractivity contribution < 1.29 is 0 Å². The summed E-state index contributed by atoms with van der Waals surface area (Å²) in [6.07, 6.45) is 25.8. The molecular weight excluding hydrogens is 877 g/mol. The fraction of sp³-hybridized carbons (Fsp3) is 0.178. The minimum absolute atomic E-state index is 0.0820. The third-order valence-corrected chi connectivity index (χ3v) is 15.3. The van der Waals surface area contributed by atoms with Gasteiger partial charge in [0.25, 0.3) is 0 Å². The standard InChI is InChI=1S/C73H62/c1-3-5-7-17-47-73(48-18-8-6-4-2)71-51-57(37-31-53-27-33-55(34-28-53)49-69-63-23-13-9-19-59(63)41-42-60-20-10-14-24-64(60)69)39-45-67(71)68-46-40-58(52-72(68)73)38-32-54-29-35-56(36-30-54)50-70-65-25-15-11-21-61(65)43-44-62-22-12-16-26-66(62)70/h9-16,19-30,33-36,39-46,49-52H,3-8,17-18,47-48H2,1-2H3. The van der Waals surface area contributed by atoms with E-state index in [2.05, 4.69) is 256 Å². The van der Waals surface area contributed by atoms with Crippen LogP contribution in [0.4, 0.5) is 0 Å². The van der Waals surface area contributed by atoms with Crippen LogP contribution < -0.4 is 0 Å². The van der Waals surface area contributed by atoms with E-state index < -0.39 is 0 Å². The van der Waals surface area contributed by atoms with Gasteiger partial charge in [0.1, 0.15) is 0 Å². The van der Waals surface area contributed by atoms with Crippen LogP contribution >= 0.6 is 0 Å². The molecular formula is C73H62. The Hall–Kier alpha value is -8.16. The second kappa shape index (κ2) is 21.7. The average molecular weight is 939 g/mol. The zero-order chi connectivity index (χ0) is 49.4. The Kier molecular flexibility index (Phi) is 14.0. The third-order valence-electron chi connectivity index (χ3n) is 15.3. The Morgan fingerprint density at radius 1 is 0.329 bits per heavy atom. The first kappa shape index (κ1) is 47.2. The van der Waals surface area contributed by atoms with Gasteiger partial charge in [-0.1, -0.05) is 247 Å². The van der Waals surface area contributed by atoms with Crippen LogP contribution in [0, 0.1) is 23.7 Å². The van der Waals surface area contributed by atoms with Gasteiger partial charge in [-0.2, -0.15) is 0 Å². The van der Waals surface area contributed by atoms with Gasteiger partial charge >= 0.3 is 0 Å². The van der Waals surface area contributed by atoms with Crippen molar-refractivity contribution in [3.05, 3.63) is 271 Å². The molecule has 0 spiro atoms. The molecule has 0 unspecified atom stereocenters. The monoisotopic (exact) mass is 938 g/mol. The van der Waals surface area contributed by atoms with Gasteiger partial charge in [-0.3, -0.25) is 0 Å². The number of hydrogen-bond acceptors (Lipinski definition) is 0. The van der Waals surface area contributed by atoms with Crippen molar-refractivity contribution in [2.75, 3.05) is 0 Å². The number of benzene rings is 8. The highest BCUT2D eigenvalue weighted by Gasteiger charge is 2.42. The molecule has 0 saturated heterocycles. The second-order valence-corrected chi connectivity index (χ2v) is 20.1. The van der Waals surface area contributed by atoms with Crippen molar-refractivity contribution in [3.63, 3.8) is 0 Å². The van der Waals surface area contributed by atoms with Gasteiger partial charge in [-0.05, 0) is 163 Å². The normalized spacial score (nSPS) is 13.1. The number of rotatable bonds is 12. The van der Waals surface area contributed by atoms with Gasteiger partial charge in [-0.15, -0.1) is 0 Å². The number of fused-ring (bicyclic) bond motifs is 7. The highest BCUT2D eigenvalue weighted by Crippen LogP contribution is 2.55. The fourth-order valence-corrected chi connectivity index (χ4v) is 11.5. The molecule has 0 atom stereocenters. The van der Waals surface area contributed by atoms with E-state index >= 15 is 0 Å². The summed E-state index contributed by atoms with van der Waals surface area (Å²) in [4.78, 5) is 0. The van der Waals surface area contributed by atoms with Crippen LogP contribution in [0.5, 0.6) is 0 Å². The first-order valence-electron chi connectivity index (χ1n) is 26.8. The van der Waals surface area contributed by atoms with E-state index in [1.54, 1.807) is 0 Å². The highest BCUT2D eigenvalue weighted by atomic mass is 14.4. The average Bonchev–Trinajstić information content (AvgIpc) is 3.51. The predicted octanol–water partition coefficient (Wildman–Crippen LogP) is 18.8. The van der Waals surface area contributed by atoms with E-state index in [1.807, 2.05) is 0 Å². The third kappa shape index (κ3) is 10.1. The summed E-state index contributed by atoms with van der Waals surface area (Å²) >= 11 is 0. The molecule has 8 aromatic rings. The van der Waals surface area contributed by atoms with Gasteiger partial charge < -0.3 is 0 Å². The number of unbranched alkanes of at least 4 members (excludes halogenated alkanes) is 6. The van der Waals surface area contributed by atoms with Crippen molar-refractivity contribution in [1.29, 1.82) is 0 Å². The smallest absolute Gasteiger partial charge is 0.0252 e. The molecule has 0 heterocycles. The number of hydrogen-bond donors (Lipinski definition) is 0. The Bertz CT molecular complexity index is 3230. The van der Waals surface area contributed by atoms with Gasteiger partial charge in [0.05, 0.1) is 0 Å². The van der Waals surface area contributed by atoms with Crippen molar-refractivity contribution in [2.45, 2.75) is 83.5 Å². The molecule has 0 radical (unpaired) electrons. The first-order valence-corrected chi connectivity index (χ1v) is 26.8. The molecule has 73 heavy (non-hydrogen) atoms. The Balaban J connectivity index is 0.889. The molecule has 354 valence electrons. The van der Waals surface area contributed by atoms with Crippen LogP contribution in [-0.4, -0.2) is 0 Å². The topological polar surface area (TPSA) is 0 Å². The van der Waals surface area contributed by atoms with Crippen LogP contribution in [0.3, 0.4) is 0 Å². The van der Waals surface area contributed by atoms with E-state index in [0.717, 1.165) is 46.2 Å². The maximum atomic E-state index is 3.63. The summed E-state index contributed by atoms with van der Waals surface area (Å²) in [6, 6.07) is 66.4. The van der Waals surface area contributed by atoms with Crippen molar-refractivity contribution in [1.82, 2.24) is 0 Å². The molecule has 3 aliphatic rings. The van der Waals surface area contributed by atoms with Crippen molar-refractivity contribution in [2.24, 2.45) is 0 Å². The maximum absolute atomic E-state index is 3.63. The Morgan fingerprint density at radius 3 is 1.01 bits per heavy atom. The lowest BCUT2D eigenvalue weighted by Gasteiger charge is -2.33. The van der Waals surface area contributed by atoms with E-state index in [0.29, 0.717) is 0 Å². The van der Waals surface area contributed by atoms with Gasteiger partial charge in [0.15, 0.2) is 0 Å². The van der Waals surface area contributed by atoms with Gasteiger partial charge in [-0.25, -0.2) is 0 Å². The van der Waals surface area contributed by atoms with Crippen LogP contribution in [0.25, 0.3) is 58.7 Å². The fourth-order valence-electron chi connectivity index (χ4n) is 11.5. The summed E-state index contributed by atoms with van der Waals surface area (Å²) in [6.45, 7) is 4.63. The Labute approximate surface area is 434 Å². The molecule has 0 nitrogen and oxygen atoms in total. The van der Waals surface area contributed by atoms with Gasteiger partial charge in [0.2, 0.25) is 0 Å². The molecule has 0 saturated carbocycles. The van der Waals surface area contributed by atoms with E-state index in [4.69, 9.17) is 0 Å². The first-order chi connectivity index (χ1) is 36.1. The highest BCUT2D eigenvalue weighted by molar-refractivity contribution is 6.01. The van der Waals surface area contributed by atoms with Crippen LogP contribution in [0.2, 0.25) is 0 Å². The van der Waals surface area contributed by atoms with Crippen LogP contribution in [0.1, 0.15) is 167 Å². The van der Waals surface area contributed by atoms with E-state index in [1.165, 1.54) is 129 Å². The predicted molar refractivity (Wildman–Crippen MR) is 313 cm³/mol. The summed E-state index contributed by atoms with van der Waals surface area (Å²) in [7, 11) is 0. The van der Waals surface area contributed by atoms with Crippen molar-refractivity contribution in [3.8, 4) is 34.8 Å². The summed E-state index contributed by atoms with van der Waals surface area (Å²) in [5, 5.41) is 0. The molecule has 0 aliphatic heterocycles. The second-order valence-electron chi connectivity index (χ2n) is 20.1. The molecule has 0 heteroatoms. The maximum Gasteiger partial charge on any atom is 0.0252 e. The lowest BCUT2D eigenvalue weighted by molar-refractivity contribution is 0.401. The summed E-state index contributed by atoms with van der Waals surface area (Å²) in [5.41, 5.74) is 24.5. The molecule has 8 aromatic carbocycles. The molecule has 11 rings (SSSR count). The minimum Gasteiger partial charge on any atom is -0.0654 e. The quantitative estimate of drug-likeness (QED) is 0.0846. The molecule has 3 aliphatic carbocycles. The largest absolute Gasteiger partial charge is 0.0654 e. The molecule has 0 amide bonds. The molecule has 0 fully saturated rings. The van der Waals surface area contributed by atoms with Gasteiger partial charge in [0, 0.05) is 27.7 Å². The zero-order valence-corrected chi connectivity index (χ0v) is 42.4. The van der Waals surface area contributed by atoms with Crippen LogP contribution in [0.15, 0.2) is 182 Å². The minimum atomic E-state index is -0.0820. The van der Waals surface area contributed by atoms with Crippen LogP contribution in [-0.2, 0) is 5.41 Å². The zero-order valence-electron chi connectivity index (χ0n) is 42.4. The lowest BCUT2D eigenvalue weighted by Crippen LogP contribution is -2.26. The van der Waals surface area contributed by atoms with E-state index in [9.17, 15) is 0 Å². The molecule has 0 aromatic heterocycles. The summed E-state index contributed by atoms with van der Waals surface area (Å²) < 4.78 is 0. The van der Waals surface area contributed by atoms with E-state index in [-0.39, 0.29) is 5.41 Å².